The third-order valence-corrected chi connectivity index (χ3v) is 5.30. The number of ether oxygens (including phenoxy) is 2. The normalized spacial score (nSPS) is 12.0. The number of hydrogen-bond donors (Lipinski definition) is 0. The lowest BCUT2D eigenvalue weighted by atomic mass is 10.1. The highest BCUT2D eigenvalue weighted by Gasteiger charge is 2.22. The van der Waals surface area contributed by atoms with Gasteiger partial charge in [-0.05, 0) is 41.5 Å². The van der Waals surface area contributed by atoms with Gasteiger partial charge in [0.05, 0.1) is 12.8 Å². The van der Waals surface area contributed by atoms with Gasteiger partial charge in [-0.3, -0.25) is 9.59 Å². The molecule has 0 saturated heterocycles. The van der Waals surface area contributed by atoms with E-state index in [-0.39, 0.29) is 38.2 Å². The van der Waals surface area contributed by atoms with Gasteiger partial charge in [0.25, 0.3) is 0 Å². The van der Waals surface area contributed by atoms with Gasteiger partial charge in [-0.1, -0.05) is 42.5 Å². The van der Waals surface area contributed by atoms with E-state index in [1.807, 2.05) is 54.6 Å². The van der Waals surface area contributed by atoms with Crippen molar-refractivity contribution in [1.82, 2.24) is 9.80 Å². The molecule has 0 bridgehead atoms. The van der Waals surface area contributed by atoms with Gasteiger partial charge in [0, 0.05) is 19.2 Å². The molecule has 1 aliphatic heterocycles. The average Bonchev–Trinajstić information content (AvgIpc) is 3.54. The third kappa shape index (κ3) is 5.95. The van der Waals surface area contributed by atoms with Crippen LogP contribution < -0.4 is 9.47 Å². The molecule has 1 aromatic heterocycles. The SMILES string of the molecule is C=CCN(CC(=O)N(Cc1ccc2c(c1)OCO2)Cc1ccco1)C(=O)C=Cc1ccccc1. The molecule has 0 aliphatic carbocycles. The van der Waals surface area contributed by atoms with Crippen LogP contribution in [-0.4, -0.2) is 41.5 Å². The molecule has 0 N–H and O–H groups in total. The molecule has 3 aromatic rings. The van der Waals surface area contributed by atoms with E-state index in [9.17, 15) is 9.59 Å². The highest BCUT2D eigenvalue weighted by Crippen LogP contribution is 2.33. The summed E-state index contributed by atoms with van der Waals surface area (Å²) in [7, 11) is 0. The second-order valence-corrected chi connectivity index (χ2v) is 7.77. The third-order valence-electron chi connectivity index (χ3n) is 5.30. The first-order valence-corrected chi connectivity index (χ1v) is 10.9. The summed E-state index contributed by atoms with van der Waals surface area (Å²) in [5, 5.41) is 0. The Morgan fingerprint density at radius 2 is 1.76 bits per heavy atom. The van der Waals surface area contributed by atoms with Crippen molar-refractivity contribution in [3.05, 3.63) is 103 Å². The fourth-order valence-corrected chi connectivity index (χ4v) is 3.57. The summed E-state index contributed by atoms with van der Waals surface area (Å²) in [5.41, 5.74) is 1.79. The van der Waals surface area contributed by atoms with E-state index >= 15 is 0 Å². The van der Waals surface area contributed by atoms with Crippen molar-refractivity contribution in [2.24, 2.45) is 0 Å². The molecule has 2 heterocycles. The van der Waals surface area contributed by atoms with E-state index < -0.39 is 0 Å². The molecule has 7 nitrogen and oxygen atoms in total. The second kappa shape index (κ2) is 11.0. The van der Waals surface area contributed by atoms with Crippen LogP contribution in [0.3, 0.4) is 0 Å². The zero-order chi connectivity index (χ0) is 23.8. The van der Waals surface area contributed by atoms with Crippen molar-refractivity contribution in [1.29, 1.82) is 0 Å². The summed E-state index contributed by atoms with van der Waals surface area (Å²) in [6.07, 6.45) is 6.38. The van der Waals surface area contributed by atoms with E-state index in [0.717, 1.165) is 11.1 Å². The number of carbonyl (C=O) groups excluding carboxylic acids is 2. The zero-order valence-corrected chi connectivity index (χ0v) is 18.8. The number of amides is 2. The first-order chi connectivity index (χ1) is 16.6. The molecule has 0 unspecified atom stereocenters. The van der Waals surface area contributed by atoms with E-state index in [4.69, 9.17) is 13.9 Å². The van der Waals surface area contributed by atoms with Gasteiger partial charge in [-0.25, -0.2) is 0 Å². The van der Waals surface area contributed by atoms with Crippen LogP contribution in [0.1, 0.15) is 16.9 Å². The molecule has 0 radical (unpaired) electrons. The maximum Gasteiger partial charge on any atom is 0.247 e. The molecule has 2 amide bonds. The molecule has 2 aromatic carbocycles. The maximum absolute atomic E-state index is 13.3. The van der Waals surface area contributed by atoms with Crippen LogP contribution in [0.4, 0.5) is 0 Å². The van der Waals surface area contributed by atoms with Gasteiger partial charge >= 0.3 is 0 Å². The smallest absolute Gasteiger partial charge is 0.247 e. The molecule has 0 atom stereocenters. The Bertz CT molecular complexity index is 1160. The van der Waals surface area contributed by atoms with Gasteiger partial charge in [-0.2, -0.15) is 0 Å². The summed E-state index contributed by atoms with van der Waals surface area (Å²) < 4.78 is 16.3. The van der Waals surface area contributed by atoms with E-state index in [2.05, 4.69) is 6.58 Å². The van der Waals surface area contributed by atoms with Gasteiger partial charge in [0.2, 0.25) is 18.6 Å². The van der Waals surface area contributed by atoms with Gasteiger partial charge in [0.15, 0.2) is 11.5 Å². The number of benzene rings is 2. The minimum absolute atomic E-state index is 0.0881. The molecule has 7 heteroatoms. The Labute approximate surface area is 198 Å². The first kappa shape index (κ1) is 22.9. The number of nitrogens with zero attached hydrogens (tertiary/aromatic N) is 2. The Balaban J connectivity index is 1.48. The van der Waals surface area contributed by atoms with Crippen LogP contribution in [0, 0.1) is 0 Å². The fourth-order valence-electron chi connectivity index (χ4n) is 3.57. The Morgan fingerprint density at radius 1 is 0.941 bits per heavy atom. The number of hydrogen-bond acceptors (Lipinski definition) is 5. The topological polar surface area (TPSA) is 72.2 Å². The molecule has 0 saturated carbocycles. The molecule has 4 rings (SSSR count). The van der Waals surface area contributed by atoms with Crippen LogP contribution >= 0.6 is 0 Å². The average molecular weight is 459 g/mol. The van der Waals surface area contributed by atoms with Crippen LogP contribution in [0.15, 0.2) is 90.1 Å². The highest BCUT2D eigenvalue weighted by molar-refractivity contribution is 5.94. The van der Waals surface area contributed by atoms with Crippen molar-refractivity contribution < 1.29 is 23.5 Å². The van der Waals surface area contributed by atoms with Crippen molar-refractivity contribution >= 4 is 17.9 Å². The fraction of sp³-hybridized carbons (Fsp3) is 0.185. The molecule has 1 aliphatic rings. The molecule has 0 spiro atoms. The molecular formula is C27H26N2O5. The quantitative estimate of drug-likeness (QED) is 0.335. The minimum Gasteiger partial charge on any atom is -0.467 e. The largest absolute Gasteiger partial charge is 0.467 e. The van der Waals surface area contributed by atoms with Crippen molar-refractivity contribution in [2.45, 2.75) is 13.1 Å². The Hall–Kier alpha value is -4.26. The monoisotopic (exact) mass is 458 g/mol. The second-order valence-electron chi connectivity index (χ2n) is 7.77. The van der Waals surface area contributed by atoms with Crippen molar-refractivity contribution in [2.75, 3.05) is 19.9 Å². The maximum atomic E-state index is 13.3. The zero-order valence-electron chi connectivity index (χ0n) is 18.8. The van der Waals surface area contributed by atoms with Gasteiger partial charge < -0.3 is 23.7 Å². The Morgan fingerprint density at radius 3 is 2.53 bits per heavy atom. The minimum atomic E-state index is -0.266. The van der Waals surface area contributed by atoms with Crippen LogP contribution in [-0.2, 0) is 22.7 Å². The lowest BCUT2D eigenvalue weighted by Crippen LogP contribution is -2.42. The van der Waals surface area contributed by atoms with E-state index in [1.54, 1.807) is 29.4 Å². The number of fused-ring (bicyclic) bond motifs is 1. The molecule has 34 heavy (non-hydrogen) atoms. The summed E-state index contributed by atoms with van der Waals surface area (Å²) in [5.74, 6) is 1.51. The van der Waals surface area contributed by atoms with E-state index in [1.165, 1.54) is 11.0 Å². The van der Waals surface area contributed by atoms with Crippen LogP contribution in [0.25, 0.3) is 6.08 Å². The number of carbonyl (C=O) groups is 2. The predicted octanol–water partition coefficient (Wildman–Crippen LogP) is 4.27. The highest BCUT2D eigenvalue weighted by atomic mass is 16.7. The Kier molecular flexibility index (Phi) is 7.45. The lowest BCUT2D eigenvalue weighted by molar-refractivity contribution is -0.138. The summed E-state index contributed by atoms with van der Waals surface area (Å²) in [4.78, 5) is 29.3. The van der Waals surface area contributed by atoms with Gasteiger partial charge in [-0.15, -0.1) is 6.58 Å². The number of furan rings is 1. The molecule has 174 valence electrons. The lowest BCUT2D eigenvalue weighted by Gasteiger charge is -2.26. The summed E-state index contributed by atoms with van der Waals surface area (Å²) >= 11 is 0. The summed E-state index contributed by atoms with van der Waals surface area (Å²) in [6, 6.07) is 18.7. The van der Waals surface area contributed by atoms with Gasteiger partial charge in [0.1, 0.15) is 12.3 Å². The molecule has 0 fully saturated rings. The van der Waals surface area contributed by atoms with E-state index in [0.29, 0.717) is 23.8 Å². The number of rotatable bonds is 10. The van der Waals surface area contributed by atoms with Crippen molar-refractivity contribution in [3.63, 3.8) is 0 Å². The standard InChI is InChI=1S/C27H26N2O5/c1-2-14-28(26(30)13-11-21-7-4-3-5-8-21)19-27(31)29(18-23-9-6-15-32-23)17-22-10-12-24-25(16-22)34-20-33-24/h2-13,15-16H,1,14,17-20H2. The summed E-state index contributed by atoms with van der Waals surface area (Å²) in [6.45, 7) is 4.68. The van der Waals surface area contributed by atoms with Crippen molar-refractivity contribution in [3.8, 4) is 11.5 Å². The predicted molar refractivity (Wildman–Crippen MR) is 128 cm³/mol. The van der Waals surface area contributed by atoms with Crippen LogP contribution in [0.5, 0.6) is 11.5 Å². The molecular weight excluding hydrogens is 432 g/mol. The first-order valence-electron chi connectivity index (χ1n) is 10.9. The van der Waals surface area contributed by atoms with Crippen LogP contribution in [0.2, 0.25) is 0 Å².